The summed E-state index contributed by atoms with van der Waals surface area (Å²) in [5.41, 5.74) is 2.36. The Kier molecular flexibility index (Phi) is 5.59. The zero-order valence-electron chi connectivity index (χ0n) is 11.8. The Morgan fingerprint density at radius 2 is 1.79 bits per heavy atom. The van der Waals surface area contributed by atoms with Crippen molar-refractivity contribution in [3.63, 3.8) is 0 Å². The number of hydrogen-bond acceptors (Lipinski definition) is 2. The molecule has 0 saturated carbocycles. The van der Waals surface area contributed by atoms with E-state index in [1.165, 1.54) is 5.56 Å². The molecule has 0 heterocycles. The molecule has 0 saturated heterocycles. The molecule has 0 amide bonds. The summed E-state index contributed by atoms with van der Waals surface area (Å²) in [6.07, 6.45) is 5.30. The highest BCUT2D eigenvalue weighted by Crippen LogP contribution is 2.22. The van der Waals surface area contributed by atoms with E-state index in [0.29, 0.717) is 12.5 Å². The highest BCUT2D eigenvalue weighted by Gasteiger charge is 2.17. The van der Waals surface area contributed by atoms with Gasteiger partial charge in [-0.3, -0.25) is 9.69 Å². The normalized spacial score (nSPS) is 12.4. The molecule has 3 nitrogen and oxygen atoms in total. The Balaban J connectivity index is 2.86. The fourth-order valence-electron chi connectivity index (χ4n) is 1.99. The number of nitrogens with zero attached hydrogens (tertiary/aromatic N) is 1. The van der Waals surface area contributed by atoms with Crippen LogP contribution in [0.1, 0.15) is 43.9 Å². The average Bonchev–Trinajstić information content (AvgIpc) is 2.37. The number of hydrogen-bond donors (Lipinski definition) is 1. The van der Waals surface area contributed by atoms with E-state index < -0.39 is 5.97 Å². The zero-order valence-corrected chi connectivity index (χ0v) is 11.8. The van der Waals surface area contributed by atoms with Crippen molar-refractivity contribution in [1.82, 2.24) is 4.90 Å². The number of rotatable bonds is 6. The van der Waals surface area contributed by atoms with E-state index in [-0.39, 0.29) is 12.6 Å². The van der Waals surface area contributed by atoms with Crippen LogP contribution in [0.2, 0.25) is 0 Å². The summed E-state index contributed by atoms with van der Waals surface area (Å²) >= 11 is 0. The van der Waals surface area contributed by atoms with Crippen LogP contribution >= 0.6 is 0 Å². The first-order valence-corrected chi connectivity index (χ1v) is 6.44. The highest BCUT2D eigenvalue weighted by molar-refractivity contribution is 5.69. The van der Waals surface area contributed by atoms with E-state index in [1.54, 1.807) is 4.90 Å². The third-order valence-electron chi connectivity index (χ3n) is 3.27. The summed E-state index contributed by atoms with van der Waals surface area (Å²) in [6.45, 7) is 6.56. The monoisotopic (exact) mass is 259 g/mol. The molecule has 0 aliphatic heterocycles. The molecule has 1 aromatic rings. The van der Waals surface area contributed by atoms with Crippen molar-refractivity contribution in [2.45, 2.75) is 32.7 Å². The molecular weight excluding hydrogens is 238 g/mol. The van der Waals surface area contributed by atoms with Crippen LogP contribution in [-0.2, 0) is 4.79 Å². The van der Waals surface area contributed by atoms with Gasteiger partial charge < -0.3 is 5.11 Å². The fourth-order valence-corrected chi connectivity index (χ4v) is 1.99. The van der Waals surface area contributed by atoms with Crippen LogP contribution in [0.15, 0.2) is 24.3 Å². The SMILES string of the molecule is C#CCN(CC(=O)O)C(C)c1ccc(C(C)C)cc1. The van der Waals surface area contributed by atoms with E-state index in [9.17, 15) is 4.79 Å². The Morgan fingerprint density at radius 3 is 2.21 bits per heavy atom. The Labute approximate surface area is 115 Å². The minimum atomic E-state index is -0.860. The van der Waals surface area contributed by atoms with E-state index in [4.69, 9.17) is 11.5 Å². The van der Waals surface area contributed by atoms with Crippen LogP contribution in [0.3, 0.4) is 0 Å². The molecule has 102 valence electrons. The van der Waals surface area contributed by atoms with E-state index in [1.807, 2.05) is 19.1 Å². The summed E-state index contributed by atoms with van der Waals surface area (Å²) in [7, 11) is 0. The summed E-state index contributed by atoms with van der Waals surface area (Å²) < 4.78 is 0. The van der Waals surface area contributed by atoms with Gasteiger partial charge in [0.25, 0.3) is 0 Å². The van der Waals surface area contributed by atoms with Crippen molar-refractivity contribution in [3.05, 3.63) is 35.4 Å². The molecule has 0 radical (unpaired) electrons. The van der Waals surface area contributed by atoms with Gasteiger partial charge in [0, 0.05) is 6.04 Å². The van der Waals surface area contributed by atoms with Gasteiger partial charge in [0.2, 0.25) is 0 Å². The second kappa shape index (κ2) is 6.96. The number of terminal acetylenes is 1. The molecule has 19 heavy (non-hydrogen) atoms. The molecule has 3 heteroatoms. The van der Waals surface area contributed by atoms with Crippen molar-refractivity contribution in [1.29, 1.82) is 0 Å². The van der Waals surface area contributed by atoms with Crippen molar-refractivity contribution in [2.75, 3.05) is 13.1 Å². The van der Waals surface area contributed by atoms with E-state index >= 15 is 0 Å². The predicted octanol–water partition coefficient (Wildman–Crippen LogP) is 2.89. The summed E-state index contributed by atoms with van der Waals surface area (Å²) in [4.78, 5) is 12.6. The predicted molar refractivity (Wildman–Crippen MR) is 77.0 cm³/mol. The topological polar surface area (TPSA) is 40.5 Å². The van der Waals surface area contributed by atoms with Gasteiger partial charge in [-0.2, -0.15) is 0 Å². The number of carboxylic acid groups (broad SMARTS) is 1. The number of carboxylic acids is 1. The first kappa shape index (κ1) is 15.3. The summed E-state index contributed by atoms with van der Waals surface area (Å²) in [5.74, 6) is 2.15. The van der Waals surface area contributed by atoms with Gasteiger partial charge in [-0.15, -0.1) is 6.42 Å². The second-order valence-electron chi connectivity index (χ2n) is 5.00. The highest BCUT2D eigenvalue weighted by atomic mass is 16.4. The standard InChI is InChI=1S/C16H21NO2/c1-5-10-17(11-16(18)19)13(4)15-8-6-14(7-9-15)12(2)3/h1,6-9,12-13H,10-11H2,2-4H3,(H,18,19). The molecule has 0 bridgehead atoms. The molecule has 1 unspecified atom stereocenters. The molecule has 1 aromatic carbocycles. The largest absolute Gasteiger partial charge is 0.480 e. The molecular formula is C16H21NO2. The molecule has 0 aromatic heterocycles. The summed E-state index contributed by atoms with van der Waals surface area (Å²) in [5, 5.41) is 8.91. The Bertz CT molecular complexity index is 457. The number of aliphatic carboxylic acids is 1. The van der Waals surface area contributed by atoms with E-state index in [2.05, 4.69) is 31.9 Å². The molecule has 1 atom stereocenters. The van der Waals surface area contributed by atoms with Gasteiger partial charge in [-0.1, -0.05) is 44.0 Å². The quantitative estimate of drug-likeness (QED) is 0.799. The summed E-state index contributed by atoms with van der Waals surface area (Å²) in [6, 6.07) is 8.27. The lowest BCUT2D eigenvalue weighted by Crippen LogP contribution is -2.32. The number of carbonyl (C=O) groups is 1. The lowest BCUT2D eigenvalue weighted by Gasteiger charge is -2.26. The van der Waals surface area contributed by atoms with E-state index in [0.717, 1.165) is 5.56 Å². The van der Waals surface area contributed by atoms with Gasteiger partial charge in [-0.05, 0) is 24.0 Å². The first-order chi connectivity index (χ1) is 8.95. The van der Waals surface area contributed by atoms with Crippen LogP contribution in [0.5, 0.6) is 0 Å². The molecule has 0 aliphatic rings. The molecule has 0 spiro atoms. The van der Waals surface area contributed by atoms with Crippen molar-refractivity contribution in [2.24, 2.45) is 0 Å². The lowest BCUT2D eigenvalue weighted by atomic mass is 9.99. The maximum absolute atomic E-state index is 10.9. The first-order valence-electron chi connectivity index (χ1n) is 6.44. The maximum atomic E-state index is 10.9. The van der Waals surface area contributed by atoms with Crippen LogP contribution in [0.4, 0.5) is 0 Å². The van der Waals surface area contributed by atoms with Crippen molar-refractivity contribution in [3.8, 4) is 12.3 Å². The Morgan fingerprint density at radius 1 is 1.26 bits per heavy atom. The third-order valence-corrected chi connectivity index (χ3v) is 3.27. The van der Waals surface area contributed by atoms with Crippen LogP contribution in [-0.4, -0.2) is 29.1 Å². The maximum Gasteiger partial charge on any atom is 0.317 e. The van der Waals surface area contributed by atoms with Gasteiger partial charge in [0.15, 0.2) is 0 Å². The van der Waals surface area contributed by atoms with Crippen molar-refractivity contribution < 1.29 is 9.90 Å². The van der Waals surface area contributed by atoms with Gasteiger partial charge >= 0.3 is 5.97 Å². The third kappa shape index (κ3) is 4.42. The van der Waals surface area contributed by atoms with Crippen molar-refractivity contribution >= 4 is 5.97 Å². The van der Waals surface area contributed by atoms with Gasteiger partial charge in [0.05, 0.1) is 13.1 Å². The van der Waals surface area contributed by atoms with Gasteiger partial charge in [-0.25, -0.2) is 0 Å². The minimum absolute atomic E-state index is 0.00615. The molecule has 0 aliphatic carbocycles. The average molecular weight is 259 g/mol. The molecule has 0 fully saturated rings. The lowest BCUT2D eigenvalue weighted by molar-refractivity contribution is -0.138. The molecule has 1 rings (SSSR count). The fraction of sp³-hybridized carbons (Fsp3) is 0.438. The van der Waals surface area contributed by atoms with Crippen LogP contribution < -0.4 is 0 Å². The smallest absolute Gasteiger partial charge is 0.317 e. The van der Waals surface area contributed by atoms with Crippen LogP contribution in [0, 0.1) is 12.3 Å². The Hall–Kier alpha value is -1.79. The van der Waals surface area contributed by atoms with Gasteiger partial charge in [0.1, 0.15) is 0 Å². The second-order valence-corrected chi connectivity index (χ2v) is 5.00. The molecule has 1 N–H and O–H groups in total. The number of benzene rings is 1. The zero-order chi connectivity index (χ0) is 14.4. The van der Waals surface area contributed by atoms with Crippen LogP contribution in [0.25, 0.3) is 0 Å². The minimum Gasteiger partial charge on any atom is -0.480 e.